The van der Waals surface area contributed by atoms with Crippen LogP contribution in [0.5, 0.6) is 0 Å². The van der Waals surface area contributed by atoms with Crippen LogP contribution in [0, 0.1) is 6.92 Å². The lowest BCUT2D eigenvalue weighted by molar-refractivity contribution is -0.116. The number of carbonyl (C=O) groups excluding carboxylic acids is 1. The van der Waals surface area contributed by atoms with Crippen LogP contribution in [0.4, 0.5) is 5.69 Å². The molecule has 0 saturated carbocycles. The fourth-order valence-electron chi connectivity index (χ4n) is 2.03. The molecule has 3 heteroatoms. The van der Waals surface area contributed by atoms with Gasteiger partial charge in [0.1, 0.15) is 0 Å². The molecule has 1 amide bonds. The molecule has 1 aromatic rings. The second kappa shape index (κ2) is 3.35. The number of rotatable bonds is 1. The molecule has 0 radical (unpaired) electrons. The van der Waals surface area contributed by atoms with Gasteiger partial charge in [-0.25, -0.2) is 0 Å². The topological polar surface area (TPSA) is 49.3 Å². The van der Waals surface area contributed by atoms with E-state index in [0.29, 0.717) is 0 Å². The van der Waals surface area contributed by atoms with Crippen molar-refractivity contribution in [3.8, 4) is 0 Å². The highest BCUT2D eigenvalue weighted by Crippen LogP contribution is 2.38. The molecular formula is C12H15NO2. The molecule has 1 aliphatic heterocycles. The van der Waals surface area contributed by atoms with Crippen LogP contribution in [-0.4, -0.2) is 11.0 Å². The molecule has 1 heterocycles. The van der Waals surface area contributed by atoms with Gasteiger partial charge >= 0.3 is 0 Å². The predicted octanol–water partition coefficient (Wildman–Crippen LogP) is 2.10. The number of aliphatic hydroxyl groups is 1. The maximum absolute atomic E-state index is 11.5. The minimum atomic E-state index is -0.552. The zero-order valence-corrected chi connectivity index (χ0v) is 9.16. The molecule has 2 atom stereocenters. The minimum absolute atomic E-state index is 0.0116. The Balaban J connectivity index is 2.62. The molecule has 0 bridgehead atoms. The summed E-state index contributed by atoms with van der Waals surface area (Å²) < 4.78 is 0. The SMILES string of the molecule is Cc1cc(C(C)O)c2c(c1)C(C)C(=O)N2. The number of anilines is 1. The molecule has 0 saturated heterocycles. The third-order valence-corrected chi connectivity index (χ3v) is 2.90. The second-order valence-corrected chi connectivity index (χ2v) is 4.21. The maximum Gasteiger partial charge on any atom is 0.231 e. The molecule has 0 fully saturated rings. The summed E-state index contributed by atoms with van der Waals surface area (Å²) in [5.41, 5.74) is 3.68. The number of aryl methyl sites for hydroxylation is 1. The van der Waals surface area contributed by atoms with Crippen molar-refractivity contribution >= 4 is 11.6 Å². The van der Waals surface area contributed by atoms with Crippen LogP contribution in [0.1, 0.15) is 42.6 Å². The van der Waals surface area contributed by atoms with Gasteiger partial charge in [-0.1, -0.05) is 17.7 Å². The number of fused-ring (bicyclic) bond motifs is 1. The Hall–Kier alpha value is -1.35. The van der Waals surface area contributed by atoms with Gasteiger partial charge in [0.2, 0.25) is 5.91 Å². The van der Waals surface area contributed by atoms with Gasteiger partial charge in [0, 0.05) is 5.56 Å². The minimum Gasteiger partial charge on any atom is -0.389 e. The molecule has 2 rings (SSSR count). The summed E-state index contributed by atoms with van der Waals surface area (Å²) in [5, 5.41) is 12.5. The van der Waals surface area contributed by atoms with Crippen molar-refractivity contribution < 1.29 is 9.90 Å². The molecule has 1 aromatic carbocycles. The Morgan fingerprint density at radius 1 is 1.47 bits per heavy atom. The summed E-state index contributed by atoms with van der Waals surface area (Å²) in [6, 6.07) is 3.92. The lowest BCUT2D eigenvalue weighted by Crippen LogP contribution is -2.09. The molecule has 0 aliphatic carbocycles. The third-order valence-electron chi connectivity index (χ3n) is 2.90. The lowest BCUT2D eigenvalue weighted by Gasteiger charge is -2.12. The number of carbonyl (C=O) groups is 1. The zero-order chi connectivity index (χ0) is 11.2. The van der Waals surface area contributed by atoms with E-state index in [1.54, 1.807) is 6.92 Å². The number of benzene rings is 1. The molecule has 1 aliphatic rings. The van der Waals surface area contributed by atoms with Gasteiger partial charge in [-0.05, 0) is 26.3 Å². The van der Waals surface area contributed by atoms with E-state index >= 15 is 0 Å². The van der Waals surface area contributed by atoms with E-state index in [-0.39, 0.29) is 11.8 Å². The Kier molecular flexibility index (Phi) is 2.27. The molecule has 0 spiro atoms. The van der Waals surface area contributed by atoms with E-state index in [2.05, 4.69) is 5.32 Å². The van der Waals surface area contributed by atoms with Crippen molar-refractivity contribution in [2.24, 2.45) is 0 Å². The van der Waals surface area contributed by atoms with E-state index in [4.69, 9.17) is 0 Å². The Morgan fingerprint density at radius 2 is 2.13 bits per heavy atom. The second-order valence-electron chi connectivity index (χ2n) is 4.21. The van der Waals surface area contributed by atoms with Crippen LogP contribution in [-0.2, 0) is 4.79 Å². The molecule has 2 unspecified atom stereocenters. The normalized spacial score (nSPS) is 21.1. The van der Waals surface area contributed by atoms with Crippen LogP contribution in [0.3, 0.4) is 0 Å². The largest absolute Gasteiger partial charge is 0.389 e. The first-order valence-electron chi connectivity index (χ1n) is 5.14. The molecule has 15 heavy (non-hydrogen) atoms. The quantitative estimate of drug-likeness (QED) is 0.737. The van der Waals surface area contributed by atoms with E-state index < -0.39 is 6.10 Å². The number of aliphatic hydroxyl groups excluding tert-OH is 1. The average molecular weight is 205 g/mol. The standard InChI is InChI=1S/C12H15NO2/c1-6-4-9-7(2)12(15)13-11(9)10(5-6)8(3)14/h4-5,7-8,14H,1-3H3,(H,13,15). The van der Waals surface area contributed by atoms with Gasteiger partial charge in [-0.15, -0.1) is 0 Å². The first-order valence-corrected chi connectivity index (χ1v) is 5.14. The zero-order valence-electron chi connectivity index (χ0n) is 9.16. The highest BCUT2D eigenvalue weighted by molar-refractivity contribution is 6.03. The first-order chi connectivity index (χ1) is 7.00. The van der Waals surface area contributed by atoms with Crippen LogP contribution in [0.25, 0.3) is 0 Å². The fraction of sp³-hybridized carbons (Fsp3) is 0.417. The summed E-state index contributed by atoms with van der Waals surface area (Å²) in [4.78, 5) is 11.5. The summed E-state index contributed by atoms with van der Waals surface area (Å²) in [6.07, 6.45) is -0.552. The van der Waals surface area contributed by atoms with E-state index in [9.17, 15) is 9.90 Å². The van der Waals surface area contributed by atoms with Crippen LogP contribution in [0.2, 0.25) is 0 Å². The number of amides is 1. The summed E-state index contributed by atoms with van der Waals surface area (Å²) in [7, 11) is 0. The van der Waals surface area contributed by atoms with Crippen molar-refractivity contribution in [2.75, 3.05) is 5.32 Å². The van der Waals surface area contributed by atoms with Crippen molar-refractivity contribution in [3.05, 3.63) is 28.8 Å². The summed E-state index contributed by atoms with van der Waals surface area (Å²) in [6.45, 7) is 5.57. The van der Waals surface area contributed by atoms with Crippen molar-refractivity contribution in [1.82, 2.24) is 0 Å². The van der Waals surface area contributed by atoms with Crippen molar-refractivity contribution in [2.45, 2.75) is 32.8 Å². The van der Waals surface area contributed by atoms with E-state index in [0.717, 1.165) is 22.4 Å². The Bertz CT molecular complexity index is 424. The van der Waals surface area contributed by atoms with Crippen LogP contribution < -0.4 is 5.32 Å². The Morgan fingerprint density at radius 3 is 2.73 bits per heavy atom. The molecule has 80 valence electrons. The van der Waals surface area contributed by atoms with Gasteiger partial charge in [-0.3, -0.25) is 4.79 Å². The molecule has 3 nitrogen and oxygen atoms in total. The van der Waals surface area contributed by atoms with Gasteiger partial charge in [0.05, 0.1) is 17.7 Å². The monoisotopic (exact) mass is 205 g/mol. The summed E-state index contributed by atoms with van der Waals surface area (Å²) in [5.74, 6) is -0.102. The van der Waals surface area contributed by atoms with E-state index in [1.807, 2.05) is 26.0 Å². The summed E-state index contributed by atoms with van der Waals surface area (Å²) >= 11 is 0. The van der Waals surface area contributed by atoms with Crippen molar-refractivity contribution in [3.63, 3.8) is 0 Å². The van der Waals surface area contributed by atoms with Gasteiger partial charge < -0.3 is 10.4 Å². The molecule has 2 N–H and O–H groups in total. The number of hydrogen-bond donors (Lipinski definition) is 2. The smallest absolute Gasteiger partial charge is 0.231 e. The predicted molar refractivity (Wildman–Crippen MR) is 58.9 cm³/mol. The van der Waals surface area contributed by atoms with Gasteiger partial charge in [0.15, 0.2) is 0 Å². The lowest BCUT2D eigenvalue weighted by atomic mass is 9.96. The first kappa shape index (κ1) is 10.2. The molecule has 0 aromatic heterocycles. The average Bonchev–Trinajstić information content (AvgIpc) is 2.43. The Labute approximate surface area is 89.1 Å². The highest BCUT2D eigenvalue weighted by Gasteiger charge is 2.29. The number of nitrogens with one attached hydrogen (secondary N) is 1. The molecular weight excluding hydrogens is 190 g/mol. The van der Waals surface area contributed by atoms with Crippen LogP contribution in [0.15, 0.2) is 12.1 Å². The van der Waals surface area contributed by atoms with Gasteiger partial charge in [-0.2, -0.15) is 0 Å². The highest BCUT2D eigenvalue weighted by atomic mass is 16.3. The van der Waals surface area contributed by atoms with Crippen molar-refractivity contribution in [1.29, 1.82) is 0 Å². The van der Waals surface area contributed by atoms with E-state index in [1.165, 1.54) is 0 Å². The third kappa shape index (κ3) is 1.53. The van der Waals surface area contributed by atoms with Crippen LogP contribution >= 0.6 is 0 Å². The number of hydrogen-bond acceptors (Lipinski definition) is 2. The fourth-order valence-corrected chi connectivity index (χ4v) is 2.03. The maximum atomic E-state index is 11.5. The van der Waals surface area contributed by atoms with Gasteiger partial charge in [0.25, 0.3) is 0 Å².